The van der Waals surface area contributed by atoms with Crippen molar-refractivity contribution in [3.05, 3.63) is 42.7 Å². The number of nitrogens with zero attached hydrogens (tertiary/aromatic N) is 7. The molecule has 1 saturated heterocycles. The van der Waals surface area contributed by atoms with Gasteiger partial charge in [0.05, 0.1) is 18.3 Å². The minimum atomic E-state index is -0.853. The van der Waals surface area contributed by atoms with Gasteiger partial charge in [0.2, 0.25) is 17.6 Å². The van der Waals surface area contributed by atoms with Gasteiger partial charge in [-0.25, -0.2) is 4.79 Å². The van der Waals surface area contributed by atoms with Crippen LogP contribution in [-0.4, -0.2) is 59.1 Å². The first-order valence-corrected chi connectivity index (χ1v) is 9.81. The van der Waals surface area contributed by atoms with Crippen LogP contribution in [0.1, 0.15) is 25.7 Å². The Morgan fingerprint density at radius 2 is 1.55 bits per heavy atom. The van der Waals surface area contributed by atoms with Gasteiger partial charge in [0, 0.05) is 25.5 Å². The largest absolute Gasteiger partial charge is 0.333 e. The number of hydrogen-bond acceptors (Lipinski definition) is 11. The summed E-state index contributed by atoms with van der Waals surface area (Å²) in [5.74, 6) is -2.01. The summed E-state index contributed by atoms with van der Waals surface area (Å²) in [4.78, 5) is 59.7. The first-order valence-electron chi connectivity index (χ1n) is 9.81. The number of imide groups is 1. The van der Waals surface area contributed by atoms with Crippen LogP contribution in [0.5, 0.6) is 0 Å². The van der Waals surface area contributed by atoms with Crippen LogP contribution in [0.15, 0.2) is 42.7 Å². The van der Waals surface area contributed by atoms with Crippen molar-refractivity contribution in [2.45, 2.75) is 25.7 Å². The van der Waals surface area contributed by atoms with Gasteiger partial charge in [0.1, 0.15) is 11.4 Å². The molecule has 1 fully saturated rings. The fourth-order valence-electron chi connectivity index (χ4n) is 2.77. The minimum absolute atomic E-state index is 0.00113. The number of carbonyl (C=O) groups is 4. The molecule has 4 heterocycles. The molecule has 0 unspecified atom stereocenters. The topological polar surface area (TPSA) is 170 Å². The SMILES string of the molecule is O=C(CCC(=O)ON1C(=O)CCC1=O)Nc1ccc(-c2nnc(-c3ccccn3)nn2)nc1. The number of carbonyl (C=O) groups excluding carboxylic acids is 4. The molecule has 13 nitrogen and oxygen atoms in total. The highest BCUT2D eigenvalue weighted by Crippen LogP contribution is 2.16. The molecule has 33 heavy (non-hydrogen) atoms. The summed E-state index contributed by atoms with van der Waals surface area (Å²) in [6.45, 7) is 0. The molecule has 1 aliphatic heterocycles. The van der Waals surface area contributed by atoms with E-state index in [9.17, 15) is 19.2 Å². The lowest BCUT2D eigenvalue weighted by molar-refractivity contribution is -0.197. The maximum atomic E-state index is 12.1. The monoisotopic (exact) mass is 448 g/mol. The van der Waals surface area contributed by atoms with Crippen LogP contribution in [0.4, 0.5) is 5.69 Å². The zero-order valence-electron chi connectivity index (χ0n) is 17.0. The molecular formula is C20H16N8O5. The van der Waals surface area contributed by atoms with Gasteiger partial charge in [-0.3, -0.25) is 24.4 Å². The molecule has 13 heteroatoms. The molecule has 3 aromatic heterocycles. The molecule has 0 atom stereocenters. The Bertz CT molecular complexity index is 1170. The quantitative estimate of drug-likeness (QED) is 0.505. The van der Waals surface area contributed by atoms with Crippen molar-refractivity contribution >= 4 is 29.4 Å². The van der Waals surface area contributed by atoms with Gasteiger partial charge >= 0.3 is 5.97 Å². The number of nitrogens with one attached hydrogen (secondary N) is 1. The van der Waals surface area contributed by atoms with E-state index >= 15 is 0 Å². The van der Waals surface area contributed by atoms with Gasteiger partial charge < -0.3 is 10.2 Å². The van der Waals surface area contributed by atoms with E-state index in [4.69, 9.17) is 4.84 Å². The van der Waals surface area contributed by atoms with Crippen molar-refractivity contribution in [2.24, 2.45) is 0 Å². The fourth-order valence-corrected chi connectivity index (χ4v) is 2.77. The summed E-state index contributed by atoms with van der Waals surface area (Å²) >= 11 is 0. The lowest BCUT2D eigenvalue weighted by Gasteiger charge is -2.12. The Kier molecular flexibility index (Phi) is 6.29. The number of anilines is 1. The highest BCUT2D eigenvalue weighted by Gasteiger charge is 2.32. The molecular weight excluding hydrogens is 432 g/mol. The Hall–Kier alpha value is -4.68. The number of pyridine rings is 2. The van der Waals surface area contributed by atoms with Crippen LogP contribution in [0, 0.1) is 0 Å². The maximum Gasteiger partial charge on any atom is 0.333 e. The van der Waals surface area contributed by atoms with Crippen LogP contribution in [0.3, 0.4) is 0 Å². The zero-order chi connectivity index (χ0) is 23.2. The van der Waals surface area contributed by atoms with E-state index in [-0.39, 0.29) is 37.3 Å². The molecule has 0 spiro atoms. The summed E-state index contributed by atoms with van der Waals surface area (Å²) in [5.41, 5.74) is 1.31. The van der Waals surface area contributed by atoms with E-state index in [1.807, 2.05) is 0 Å². The van der Waals surface area contributed by atoms with Gasteiger partial charge in [0.15, 0.2) is 0 Å². The molecule has 0 aliphatic carbocycles. The van der Waals surface area contributed by atoms with Crippen LogP contribution in [0.2, 0.25) is 0 Å². The second-order valence-electron chi connectivity index (χ2n) is 6.79. The van der Waals surface area contributed by atoms with Gasteiger partial charge in [-0.15, -0.1) is 25.5 Å². The highest BCUT2D eigenvalue weighted by molar-refractivity contribution is 6.01. The average molecular weight is 448 g/mol. The maximum absolute atomic E-state index is 12.1. The molecule has 166 valence electrons. The predicted octanol–water partition coefficient (Wildman–Crippen LogP) is 0.716. The lowest BCUT2D eigenvalue weighted by atomic mass is 10.2. The molecule has 3 aromatic rings. The molecule has 4 rings (SSSR count). The third kappa shape index (κ3) is 5.33. The second-order valence-corrected chi connectivity index (χ2v) is 6.79. The third-order valence-electron chi connectivity index (χ3n) is 4.40. The van der Waals surface area contributed by atoms with E-state index < -0.39 is 23.7 Å². The standard InChI is InChI=1S/C20H16N8O5/c29-15(6-9-18(32)33-28-16(30)7-8-17(28)31)23-12-4-5-14(22-11-12)20-26-24-19(25-27-20)13-3-1-2-10-21-13/h1-5,10-11H,6-9H2,(H,23,29). The van der Waals surface area contributed by atoms with Crippen LogP contribution >= 0.6 is 0 Å². The molecule has 1 N–H and O–H groups in total. The summed E-state index contributed by atoms with van der Waals surface area (Å²) < 4.78 is 0. The average Bonchev–Trinajstić information content (AvgIpc) is 3.16. The summed E-state index contributed by atoms with van der Waals surface area (Å²) in [6.07, 6.45) is 2.50. The van der Waals surface area contributed by atoms with Crippen LogP contribution in [0.25, 0.3) is 23.0 Å². The molecule has 0 saturated carbocycles. The lowest BCUT2D eigenvalue weighted by Crippen LogP contribution is -2.32. The van der Waals surface area contributed by atoms with Crippen LogP contribution in [-0.2, 0) is 24.0 Å². The van der Waals surface area contributed by atoms with E-state index in [0.29, 0.717) is 22.1 Å². The zero-order valence-corrected chi connectivity index (χ0v) is 17.0. The van der Waals surface area contributed by atoms with Gasteiger partial charge in [-0.2, -0.15) is 0 Å². The molecule has 3 amide bonds. The van der Waals surface area contributed by atoms with Crippen molar-refractivity contribution in [3.63, 3.8) is 0 Å². The smallest absolute Gasteiger partial charge is 0.330 e. The fraction of sp³-hybridized carbons (Fsp3) is 0.200. The molecule has 0 aromatic carbocycles. The highest BCUT2D eigenvalue weighted by atomic mass is 16.7. The molecule has 0 radical (unpaired) electrons. The minimum Gasteiger partial charge on any atom is -0.330 e. The summed E-state index contributed by atoms with van der Waals surface area (Å²) in [6, 6.07) is 8.46. The van der Waals surface area contributed by atoms with Crippen LogP contribution < -0.4 is 5.32 Å². The normalized spacial score (nSPS) is 13.2. The van der Waals surface area contributed by atoms with Gasteiger partial charge in [-0.1, -0.05) is 6.07 Å². The first kappa shape index (κ1) is 21.5. The van der Waals surface area contributed by atoms with Crippen molar-refractivity contribution in [3.8, 4) is 23.0 Å². The second kappa shape index (κ2) is 9.64. The number of hydrogen-bond donors (Lipinski definition) is 1. The van der Waals surface area contributed by atoms with Crippen molar-refractivity contribution in [1.82, 2.24) is 35.4 Å². The number of hydroxylamine groups is 2. The van der Waals surface area contributed by atoms with E-state index in [1.165, 1.54) is 6.20 Å². The van der Waals surface area contributed by atoms with Crippen molar-refractivity contribution in [2.75, 3.05) is 5.32 Å². The number of aromatic nitrogens is 6. The first-order chi connectivity index (χ1) is 16.0. The third-order valence-corrected chi connectivity index (χ3v) is 4.40. The van der Waals surface area contributed by atoms with E-state index in [0.717, 1.165) is 0 Å². The van der Waals surface area contributed by atoms with Gasteiger partial charge in [-0.05, 0) is 24.3 Å². The number of rotatable bonds is 7. The Balaban J connectivity index is 1.28. The van der Waals surface area contributed by atoms with Crippen molar-refractivity contribution in [1.29, 1.82) is 0 Å². The summed E-state index contributed by atoms with van der Waals surface area (Å²) in [7, 11) is 0. The Morgan fingerprint density at radius 1 is 0.879 bits per heavy atom. The molecule has 1 aliphatic rings. The van der Waals surface area contributed by atoms with Crippen molar-refractivity contribution < 1.29 is 24.0 Å². The summed E-state index contributed by atoms with van der Waals surface area (Å²) in [5, 5.41) is 19.0. The Labute approximate surface area is 186 Å². The van der Waals surface area contributed by atoms with E-state index in [2.05, 4.69) is 35.7 Å². The Morgan fingerprint density at radius 3 is 2.12 bits per heavy atom. The predicted molar refractivity (Wildman–Crippen MR) is 109 cm³/mol. The van der Waals surface area contributed by atoms with Gasteiger partial charge in [0.25, 0.3) is 11.8 Å². The molecule has 0 bridgehead atoms. The van der Waals surface area contributed by atoms with E-state index in [1.54, 1.807) is 36.5 Å². The number of amides is 3.